The van der Waals surface area contributed by atoms with Crippen LogP contribution in [0.2, 0.25) is 0 Å². The van der Waals surface area contributed by atoms with Crippen molar-refractivity contribution in [3.05, 3.63) is 0 Å². The third-order valence-corrected chi connectivity index (χ3v) is 3.63. The lowest BCUT2D eigenvalue weighted by atomic mass is 9.76. The number of carbonyl (C=O) groups excluding carboxylic acids is 2. The summed E-state index contributed by atoms with van der Waals surface area (Å²) in [6.07, 6.45) is 1.94. The van der Waals surface area contributed by atoms with Crippen molar-refractivity contribution in [2.45, 2.75) is 32.6 Å². The molecule has 0 aromatic heterocycles. The van der Waals surface area contributed by atoms with Crippen LogP contribution in [-0.4, -0.2) is 54.7 Å². The largest absolute Gasteiger partial charge is 0.481 e. The van der Waals surface area contributed by atoms with Gasteiger partial charge in [0.1, 0.15) is 0 Å². The molecule has 1 aliphatic heterocycles. The van der Waals surface area contributed by atoms with Crippen LogP contribution >= 0.6 is 0 Å². The Labute approximate surface area is 118 Å². The number of imide groups is 1. The summed E-state index contributed by atoms with van der Waals surface area (Å²) in [5.74, 6) is -1.29. The number of rotatable bonds is 5. The predicted molar refractivity (Wildman–Crippen MR) is 71.2 cm³/mol. The number of nitrogens with one attached hydrogen (secondary N) is 1. The predicted octanol–water partition coefficient (Wildman–Crippen LogP) is 0.836. The summed E-state index contributed by atoms with van der Waals surface area (Å²) in [6.45, 7) is 2.96. The van der Waals surface area contributed by atoms with E-state index in [4.69, 9.17) is 0 Å². The Kier molecular flexibility index (Phi) is 5.94. The molecular formula is C13H22N2O5. The maximum atomic E-state index is 11.6. The first-order chi connectivity index (χ1) is 9.43. The molecule has 1 unspecified atom stereocenters. The van der Waals surface area contributed by atoms with E-state index in [1.165, 1.54) is 7.11 Å². The normalized spacial score (nSPS) is 23.1. The Morgan fingerprint density at radius 3 is 2.65 bits per heavy atom. The maximum Gasteiger partial charge on any atom is 0.413 e. The number of amides is 2. The summed E-state index contributed by atoms with van der Waals surface area (Å²) < 4.78 is 4.34. The molecule has 0 radical (unpaired) electrons. The molecule has 1 heterocycles. The zero-order chi connectivity index (χ0) is 15.2. The molecule has 20 heavy (non-hydrogen) atoms. The number of carbonyl (C=O) groups is 3. The van der Waals surface area contributed by atoms with Gasteiger partial charge in [0.05, 0.1) is 19.1 Å². The molecule has 114 valence electrons. The van der Waals surface area contributed by atoms with E-state index in [-0.39, 0.29) is 6.54 Å². The zero-order valence-electron chi connectivity index (χ0n) is 12.0. The van der Waals surface area contributed by atoms with Crippen molar-refractivity contribution < 1.29 is 24.2 Å². The first kappa shape index (κ1) is 16.4. The van der Waals surface area contributed by atoms with Gasteiger partial charge in [0.25, 0.3) is 0 Å². The first-order valence-electron chi connectivity index (χ1n) is 6.77. The van der Waals surface area contributed by atoms with Crippen molar-refractivity contribution in [3.63, 3.8) is 0 Å². The number of nitrogens with zero attached hydrogens (tertiary/aromatic N) is 1. The molecule has 0 aromatic carbocycles. The second-order valence-corrected chi connectivity index (χ2v) is 5.19. The Morgan fingerprint density at radius 2 is 2.10 bits per heavy atom. The average Bonchev–Trinajstić information content (AvgIpc) is 2.38. The van der Waals surface area contributed by atoms with Gasteiger partial charge in [-0.15, -0.1) is 0 Å². The molecule has 0 aromatic rings. The van der Waals surface area contributed by atoms with Crippen molar-refractivity contribution in [2.75, 3.05) is 26.7 Å². The van der Waals surface area contributed by atoms with Crippen LogP contribution in [0.3, 0.4) is 0 Å². The van der Waals surface area contributed by atoms with Crippen LogP contribution in [0.5, 0.6) is 0 Å². The minimum atomic E-state index is -0.808. The lowest BCUT2D eigenvalue weighted by Gasteiger charge is -2.39. The van der Waals surface area contributed by atoms with Crippen LogP contribution in [0.4, 0.5) is 4.79 Å². The van der Waals surface area contributed by atoms with Crippen LogP contribution in [-0.2, 0) is 14.3 Å². The van der Waals surface area contributed by atoms with Crippen LogP contribution in [0.25, 0.3) is 0 Å². The van der Waals surface area contributed by atoms with Gasteiger partial charge in [0.15, 0.2) is 0 Å². The van der Waals surface area contributed by atoms with E-state index in [2.05, 4.69) is 10.1 Å². The van der Waals surface area contributed by atoms with Crippen LogP contribution in [0.1, 0.15) is 32.6 Å². The SMILES string of the molecule is CCCC1(C(=O)O)CCCN(CC(=O)NC(=O)OC)C1. The standard InChI is InChI=1S/C13H22N2O5/c1-3-5-13(11(17)18)6-4-7-15(9-13)8-10(16)14-12(19)20-2/h3-9H2,1-2H3,(H,17,18)(H,14,16,19). The second-order valence-electron chi connectivity index (χ2n) is 5.19. The smallest absolute Gasteiger partial charge is 0.413 e. The van der Waals surface area contributed by atoms with E-state index in [1.807, 2.05) is 6.92 Å². The second kappa shape index (κ2) is 7.23. The fraction of sp³-hybridized carbons (Fsp3) is 0.769. The fourth-order valence-corrected chi connectivity index (χ4v) is 2.73. The number of methoxy groups -OCH3 is 1. The lowest BCUT2D eigenvalue weighted by molar-refractivity contribution is -0.154. The number of carboxylic acid groups (broad SMARTS) is 1. The number of likely N-dealkylation sites (tertiary alicyclic amines) is 1. The molecule has 1 atom stereocenters. The van der Waals surface area contributed by atoms with Gasteiger partial charge in [-0.2, -0.15) is 0 Å². The van der Waals surface area contributed by atoms with E-state index in [9.17, 15) is 19.5 Å². The molecule has 1 rings (SSSR count). The van der Waals surface area contributed by atoms with Gasteiger partial charge in [-0.1, -0.05) is 13.3 Å². The monoisotopic (exact) mass is 286 g/mol. The van der Waals surface area contributed by atoms with Gasteiger partial charge < -0.3 is 9.84 Å². The maximum absolute atomic E-state index is 11.6. The minimum absolute atomic E-state index is 0.00778. The van der Waals surface area contributed by atoms with Crippen LogP contribution in [0.15, 0.2) is 0 Å². The highest BCUT2D eigenvalue weighted by Crippen LogP contribution is 2.34. The van der Waals surface area contributed by atoms with E-state index in [0.29, 0.717) is 25.9 Å². The Balaban J connectivity index is 2.61. The molecular weight excluding hydrogens is 264 g/mol. The van der Waals surface area contributed by atoms with Gasteiger partial charge in [0.2, 0.25) is 5.91 Å². The van der Waals surface area contributed by atoms with Crippen molar-refractivity contribution >= 4 is 18.0 Å². The third kappa shape index (κ3) is 4.19. The summed E-state index contributed by atoms with van der Waals surface area (Å²) in [5, 5.41) is 11.5. The van der Waals surface area contributed by atoms with Gasteiger partial charge in [0, 0.05) is 6.54 Å². The Morgan fingerprint density at radius 1 is 1.40 bits per heavy atom. The van der Waals surface area contributed by atoms with Crippen molar-refractivity contribution in [1.29, 1.82) is 0 Å². The van der Waals surface area contributed by atoms with Crippen molar-refractivity contribution in [3.8, 4) is 0 Å². The zero-order valence-corrected chi connectivity index (χ0v) is 12.0. The number of aliphatic carboxylic acids is 1. The number of alkyl carbamates (subject to hydrolysis) is 1. The molecule has 1 saturated heterocycles. The van der Waals surface area contributed by atoms with Crippen LogP contribution < -0.4 is 5.32 Å². The summed E-state index contributed by atoms with van der Waals surface area (Å²) in [7, 11) is 1.18. The van der Waals surface area contributed by atoms with E-state index < -0.39 is 23.4 Å². The molecule has 2 amide bonds. The summed E-state index contributed by atoms with van der Waals surface area (Å²) >= 11 is 0. The van der Waals surface area contributed by atoms with E-state index in [0.717, 1.165) is 12.8 Å². The molecule has 7 nitrogen and oxygen atoms in total. The molecule has 0 spiro atoms. The minimum Gasteiger partial charge on any atom is -0.481 e. The average molecular weight is 286 g/mol. The van der Waals surface area contributed by atoms with Crippen molar-refractivity contribution in [1.82, 2.24) is 10.2 Å². The molecule has 7 heteroatoms. The fourth-order valence-electron chi connectivity index (χ4n) is 2.73. The molecule has 0 bridgehead atoms. The van der Waals surface area contributed by atoms with Crippen LogP contribution in [0, 0.1) is 5.41 Å². The quantitative estimate of drug-likeness (QED) is 0.777. The molecule has 2 N–H and O–H groups in total. The number of piperidine rings is 1. The first-order valence-corrected chi connectivity index (χ1v) is 6.77. The number of ether oxygens (including phenoxy) is 1. The van der Waals surface area contributed by atoms with Gasteiger partial charge in [-0.25, -0.2) is 4.79 Å². The third-order valence-electron chi connectivity index (χ3n) is 3.63. The van der Waals surface area contributed by atoms with Crippen molar-refractivity contribution in [2.24, 2.45) is 5.41 Å². The summed E-state index contributed by atoms with van der Waals surface area (Å²) in [5.41, 5.74) is -0.779. The highest BCUT2D eigenvalue weighted by molar-refractivity contribution is 5.92. The van der Waals surface area contributed by atoms with E-state index >= 15 is 0 Å². The molecule has 0 aliphatic carbocycles. The topological polar surface area (TPSA) is 95.9 Å². The molecule has 1 fully saturated rings. The number of hydrogen-bond acceptors (Lipinski definition) is 5. The highest BCUT2D eigenvalue weighted by atomic mass is 16.5. The van der Waals surface area contributed by atoms with Gasteiger partial charge >= 0.3 is 12.1 Å². The number of hydrogen-bond donors (Lipinski definition) is 2. The Bertz CT molecular complexity index is 381. The van der Waals surface area contributed by atoms with Gasteiger partial charge in [-0.05, 0) is 25.8 Å². The highest BCUT2D eigenvalue weighted by Gasteiger charge is 2.41. The summed E-state index contributed by atoms with van der Waals surface area (Å²) in [6, 6.07) is 0. The van der Waals surface area contributed by atoms with Gasteiger partial charge in [-0.3, -0.25) is 19.8 Å². The Hall–Kier alpha value is -1.63. The molecule has 1 aliphatic rings. The van der Waals surface area contributed by atoms with E-state index in [1.54, 1.807) is 4.90 Å². The molecule has 0 saturated carbocycles. The lowest BCUT2D eigenvalue weighted by Crippen LogP contribution is -2.51. The number of carboxylic acids is 1. The summed E-state index contributed by atoms with van der Waals surface area (Å²) in [4.78, 5) is 35.9.